The molecule has 0 fully saturated rings. The number of carbonyl (C=O) groups excluding carboxylic acids is 3. The van der Waals surface area contributed by atoms with Gasteiger partial charge in [0.25, 0.3) is 0 Å². The fourth-order valence-electron chi connectivity index (χ4n) is 5.22. The Hall–Kier alpha value is -1.03. The Labute approximate surface area is 225 Å². The Kier molecular flexibility index (Phi) is 23.6. The van der Waals surface area contributed by atoms with Gasteiger partial charge in [-0.3, -0.25) is 0 Å². The molecular formula is C32H62NO3+. The topological polar surface area (TPSA) is 51.2 Å². The standard InChI is InChI=1S/C32H62NO3/c1-5-9-12-15-18-21-24-27-30(34)33(8-4,31(35)28-25-22-19-16-13-10-6-2)32(36)29-26-23-20-17-14-11-7-3/h5-29H2,1-4H3/q+1. The van der Waals surface area contributed by atoms with Crippen molar-refractivity contribution in [2.75, 3.05) is 6.54 Å². The van der Waals surface area contributed by atoms with Crippen molar-refractivity contribution in [3.63, 3.8) is 0 Å². The van der Waals surface area contributed by atoms with E-state index in [9.17, 15) is 14.4 Å². The SMILES string of the molecule is CCCCCCCCCC(=O)[N+](CC)(C(=O)CCCCCCCCC)C(=O)CCCCCCCCC. The van der Waals surface area contributed by atoms with Crippen molar-refractivity contribution in [1.82, 2.24) is 0 Å². The van der Waals surface area contributed by atoms with E-state index in [1.807, 2.05) is 6.92 Å². The number of carbonyl (C=O) groups is 3. The maximum absolute atomic E-state index is 13.5. The molecule has 0 aliphatic rings. The third-order valence-corrected chi connectivity index (χ3v) is 7.73. The van der Waals surface area contributed by atoms with Gasteiger partial charge < -0.3 is 0 Å². The van der Waals surface area contributed by atoms with E-state index >= 15 is 0 Å². The third kappa shape index (κ3) is 15.3. The van der Waals surface area contributed by atoms with Crippen LogP contribution in [0.15, 0.2) is 0 Å². The molecule has 0 spiro atoms. The molecule has 3 amide bonds. The first-order valence-corrected chi connectivity index (χ1v) is 16.0. The predicted octanol–water partition coefficient (Wildman–Crippen LogP) is 9.82. The predicted molar refractivity (Wildman–Crippen MR) is 154 cm³/mol. The molecule has 0 rings (SSSR count). The van der Waals surface area contributed by atoms with Crippen molar-refractivity contribution in [2.24, 2.45) is 0 Å². The Morgan fingerprint density at radius 1 is 0.361 bits per heavy atom. The summed E-state index contributed by atoms with van der Waals surface area (Å²) in [6.45, 7) is 8.78. The summed E-state index contributed by atoms with van der Waals surface area (Å²) in [5.74, 6) is -0.439. The summed E-state index contributed by atoms with van der Waals surface area (Å²) in [5.41, 5.74) is 0. The molecule has 0 atom stereocenters. The molecule has 0 saturated heterocycles. The fraction of sp³-hybridized carbons (Fsp3) is 0.906. The van der Waals surface area contributed by atoms with E-state index < -0.39 is 4.48 Å². The Morgan fingerprint density at radius 3 is 0.806 bits per heavy atom. The number of hydrogen-bond acceptors (Lipinski definition) is 3. The minimum Gasteiger partial charge on any atom is -0.230 e. The van der Waals surface area contributed by atoms with E-state index in [1.165, 1.54) is 77.0 Å². The van der Waals surface area contributed by atoms with Gasteiger partial charge in [0.1, 0.15) is 0 Å². The van der Waals surface area contributed by atoms with Gasteiger partial charge in [-0.25, -0.2) is 14.4 Å². The lowest BCUT2D eigenvalue weighted by Crippen LogP contribution is -2.60. The van der Waals surface area contributed by atoms with Crippen LogP contribution in [0, 0.1) is 0 Å². The van der Waals surface area contributed by atoms with E-state index in [1.54, 1.807) is 0 Å². The second-order valence-corrected chi connectivity index (χ2v) is 10.9. The van der Waals surface area contributed by atoms with Crippen LogP contribution in [0.3, 0.4) is 0 Å². The molecule has 0 aliphatic heterocycles. The van der Waals surface area contributed by atoms with Crippen molar-refractivity contribution in [3.8, 4) is 0 Å². The van der Waals surface area contributed by atoms with E-state index in [0.717, 1.165) is 57.8 Å². The molecule has 0 aromatic rings. The molecule has 0 radical (unpaired) electrons. The minimum atomic E-state index is -0.526. The zero-order chi connectivity index (χ0) is 26.9. The number of unbranched alkanes of at least 4 members (excludes halogenated alkanes) is 18. The first kappa shape index (κ1) is 35.0. The molecule has 4 heteroatoms. The second kappa shape index (κ2) is 24.3. The largest absolute Gasteiger partial charge is 0.328 e. The lowest BCUT2D eigenvalue weighted by atomic mass is 10.0. The number of hydrogen-bond donors (Lipinski definition) is 0. The van der Waals surface area contributed by atoms with Crippen LogP contribution in [0.1, 0.15) is 182 Å². The van der Waals surface area contributed by atoms with E-state index in [0.29, 0.717) is 19.3 Å². The summed E-state index contributed by atoms with van der Waals surface area (Å²) in [7, 11) is 0. The van der Waals surface area contributed by atoms with E-state index in [2.05, 4.69) is 20.8 Å². The van der Waals surface area contributed by atoms with Crippen LogP contribution in [0.2, 0.25) is 0 Å². The molecule has 4 nitrogen and oxygen atoms in total. The Bertz CT molecular complexity index is 484. The highest BCUT2D eigenvalue weighted by Crippen LogP contribution is 2.22. The molecule has 0 saturated carbocycles. The molecule has 0 aromatic carbocycles. The summed E-state index contributed by atoms with van der Waals surface area (Å²) >= 11 is 0. The Balaban J connectivity index is 4.91. The lowest BCUT2D eigenvalue weighted by Gasteiger charge is -2.30. The maximum atomic E-state index is 13.5. The summed E-state index contributed by atoms with van der Waals surface area (Å²) < 4.78 is -0.526. The van der Waals surface area contributed by atoms with Gasteiger partial charge in [0, 0.05) is 0 Å². The molecule has 36 heavy (non-hydrogen) atoms. The monoisotopic (exact) mass is 508 g/mol. The number of imide groups is 3. The average Bonchev–Trinajstić information content (AvgIpc) is 2.87. The first-order valence-electron chi connectivity index (χ1n) is 16.0. The van der Waals surface area contributed by atoms with Gasteiger partial charge in [-0.05, 0) is 26.2 Å². The van der Waals surface area contributed by atoms with Crippen molar-refractivity contribution >= 4 is 17.7 Å². The van der Waals surface area contributed by atoms with Gasteiger partial charge in [-0.2, -0.15) is 0 Å². The minimum absolute atomic E-state index is 0.146. The first-order chi connectivity index (χ1) is 17.5. The molecule has 0 aliphatic carbocycles. The van der Waals surface area contributed by atoms with Crippen LogP contribution < -0.4 is 0 Å². The van der Waals surface area contributed by atoms with Gasteiger partial charge in [-0.15, -0.1) is 4.48 Å². The van der Waals surface area contributed by atoms with Crippen LogP contribution in [0.4, 0.5) is 0 Å². The van der Waals surface area contributed by atoms with Crippen LogP contribution in [-0.4, -0.2) is 28.7 Å². The van der Waals surface area contributed by atoms with Crippen molar-refractivity contribution in [2.45, 2.75) is 182 Å². The number of rotatable bonds is 25. The van der Waals surface area contributed by atoms with Crippen LogP contribution in [-0.2, 0) is 14.4 Å². The summed E-state index contributed by atoms with van der Waals surface area (Å²) in [6, 6.07) is 0. The van der Waals surface area contributed by atoms with Gasteiger partial charge in [0.2, 0.25) is 0 Å². The normalized spacial score (nSPS) is 11.7. The van der Waals surface area contributed by atoms with Gasteiger partial charge in [-0.1, -0.05) is 136 Å². The van der Waals surface area contributed by atoms with Gasteiger partial charge >= 0.3 is 17.7 Å². The number of quaternary nitrogens is 1. The molecule has 212 valence electrons. The summed E-state index contributed by atoms with van der Waals surface area (Å²) in [6.07, 6.45) is 24.8. The molecule has 0 heterocycles. The Morgan fingerprint density at radius 2 is 0.583 bits per heavy atom. The highest BCUT2D eigenvalue weighted by molar-refractivity contribution is 5.97. The highest BCUT2D eigenvalue weighted by atomic mass is 16.2. The van der Waals surface area contributed by atoms with Gasteiger partial charge in [0.05, 0.1) is 25.8 Å². The lowest BCUT2D eigenvalue weighted by molar-refractivity contribution is -0.702. The molecular weight excluding hydrogens is 446 g/mol. The second-order valence-electron chi connectivity index (χ2n) is 10.9. The van der Waals surface area contributed by atoms with Crippen molar-refractivity contribution in [1.29, 1.82) is 0 Å². The molecule has 0 unspecified atom stereocenters. The highest BCUT2D eigenvalue weighted by Gasteiger charge is 2.48. The van der Waals surface area contributed by atoms with Crippen LogP contribution in [0.25, 0.3) is 0 Å². The number of nitrogens with zero attached hydrogens (tertiary/aromatic N) is 1. The van der Waals surface area contributed by atoms with E-state index in [4.69, 9.17) is 0 Å². The smallest absolute Gasteiger partial charge is 0.230 e. The third-order valence-electron chi connectivity index (χ3n) is 7.73. The summed E-state index contributed by atoms with van der Waals surface area (Å²) in [4.78, 5) is 40.4. The quantitative estimate of drug-likeness (QED) is 0.0910. The molecule has 0 aromatic heterocycles. The van der Waals surface area contributed by atoms with Crippen LogP contribution in [0.5, 0.6) is 0 Å². The van der Waals surface area contributed by atoms with Crippen molar-refractivity contribution in [3.05, 3.63) is 0 Å². The molecule has 0 N–H and O–H groups in total. The maximum Gasteiger partial charge on any atom is 0.328 e. The molecule has 0 bridgehead atoms. The fourth-order valence-corrected chi connectivity index (χ4v) is 5.22. The van der Waals surface area contributed by atoms with Crippen LogP contribution >= 0.6 is 0 Å². The average molecular weight is 509 g/mol. The van der Waals surface area contributed by atoms with Crippen molar-refractivity contribution < 1.29 is 18.9 Å². The summed E-state index contributed by atoms with van der Waals surface area (Å²) in [5, 5.41) is 0. The zero-order valence-corrected chi connectivity index (χ0v) is 24.8. The van der Waals surface area contributed by atoms with E-state index in [-0.39, 0.29) is 24.3 Å². The number of amides is 3. The van der Waals surface area contributed by atoms with Gasteiger partial charge in [0.15, 0.2) is 0 Å². The zero-order valence-electron chi connectivity index (χ0n) is 24.8.